The summed E-state index contributed by atoms with van der Waals surface area (Å²) < 4.78 is 10.9. The van der Waals surface area contributed by atoms with Gasteiger partial charge in [-0.3, -0.25) is 4.79 Å². The standard InChI is InChI=1S/C20H17N3O3S/c1-12-15(10-11-25-12)19-22-23-20(26-19)27-13(2)18(24)21-17-9-5-7-14-6-3-4-8-16(14)17/h3-11,13H,1-2H3,(H,21,24)/t13-/m0/s1. The highest BCUT2D eigenvalue weighted by molar-refractivity contribution is 8.00. The van der Waals surface area contributed by atoms with Crippen LogP contribution in [0.2, 0.25) is 0 Å². The van der Waals surface area contributed by atoms with Crippen LogP contribution in [0.25, 0.3) is 22.2 Å². The zero-order chi connectivity index (χ0) is 18.8. The topological polar surface area (TPSA) is 81.2 Å². The number of carbonyl (C=O) groups excluding carboxylic acids is 1. The van der Waals surface area contributed by atoms with Gasteiger partial charge in [0.1, 0.15) is 5.76 Å². The van der Waals surface area contributed by atoms with Gasteiger partial charge >= 0.3 is 0 Å². The molecule has 27 heavy (non-hydrogen) atoms. The van der Waals surface area contributed by atoms with E-state index in [0.717, 1.165) is 22.0 Å². The minimum Gasteiger partial charge on any atom is -0.469 e. The number of rotatable bonds is 5. The van der Waals surface area contributed by atoms with E-state index < -0.39 is 5.25 Å². The monoisotopic (exact) mass is 379 g/mol. The minimum absolute atomic E-state index is 0.129. The second kappa shape index (κ2) is 7.28. The molecule has 1 N–H and O–H groups in total. The summed E-state index contributed by atoms with van der Waals surface area (Å²) in [5.41, 5.74) is 1.54. The first-order valence-corrected chi connectivity index (χ1v) is 9.33. The molecule has 0 bridgehead atoms. The molecular formula is C20H17N3O3S. The van der Waals surface area contributed by atoms with Crippen LogP contribution >= 0.6 is 11.8 Å². The van der Waals surface area contributed by atoms with Gasteiger partial charge in [0.05, 0.1) is 17.1 Å². The summed E-state index contributed by atoms with van der Waals surface area (Å²) >= 11 is 1.22. The number of benzene rings is 2. The molecule has 0 aliphatic carbocycles. The zero-order valence-corrected chi connectivity index (χ0v) is 15.6. The van der Waals surface area contributed by atoms with Crippen molar-refractivity contribution in [2.24, 2.45) is 0 Å². The predicted molar refractivity (Wildman–Crippen MR) is 105 cm³/mol. The Hall–Kier alpha value is -3.06. The van der Waals surface area contributed by atoms with Gasteiger partial charge in [0.15, 0.2) is 0 Å². The Morgan fingerprint density at radius 3 is 2.74 bits per heavy atom. The van der Waals surface area contributed by atoms with Gasteiger partial charge in [0.25, 0.3) is 11.1 Å². The number of nitrogens with zero attached hydrogens (tertiary/aromatic N) is 2. The number of furan rings is 1. The highest BCUT2D eigenvalue weighted by atomic mass is 32.2. The Balaban J connectivity index is 1.47. The van der Waals surface area contributed by atoms with Crippen LogP contribution in [-0.4, -0.2) is 21.4 Å². The van der Waals surface area contributed by atoms with Crippen LogP contribution in [0.4, 0.5) is 5.69 Å². The maximum atomic E-state index is 12.6. The van der Waals surface area contributed by atoms with Crippen LogP contribution < -0.4 is 5.32 Å². The Kier molecular flexibility index (Phi) is 4.68. The number of nitrogens with one attached hydrogen (secondary N) is 1. The molecule has 1 atom stereocenters. The van der Waals surface area contributed by atoms with E-state index in [-0.39, 0.29) is 5.91 Å². The molecule has 2 aromatic carbocycles. The molecule has 1 amide bonds. The number of carbonyl (C=O) groups is 1. The van der Waals surface area contributed by atoms with E-state index in [1.54, 1.807) is 19.3 Å². The molecule has 2 heterocycles. The molecule has 0 fully saturated rings. The van der Waals surface area contributed by atoms with E-state index in [1.807, 2.05) is 49.4 Å². The van der Waals surface area contributed by atoms with Gasteiger partial charge in [0.2, 0.25) is 5.91 Å². The average molecular weight is 379 g/mol. The molecule has 0 radical (unpaired) electrons. The molecule has 0 unspecified atom stereocenters. The van der Waals surface area contributed by atoms with Crippen molar-refractivity contribution in [3.8, 4) is 11.5 Å². The predicted octanol–water partition coefficient (Wildman–Crippen LogP) is 4.91. The van der Waals surface area contributed by atoms with Crippen molar-refractivity contribution in [1.29, 1.82) is 0 Å². The summed E-state index contributed by atoms with van der Waals surface area (Å²) in [6.45, 7) is 3.63. The van der Waals surface area contributed by atoms with E-state index >= 15 is 0 Å². The van der Waals surface area contributed by atoms with E-state index in [4.69, 9.17) is 8.83 Å². The first-order chi connectivity index (χ1) is 13.1. The van der Waals surface area contributed by atoms with Crippen molar-refractivity contribution in [2.45, 2.75) is 24.3 Å². The molecule has 0 aliphatic rings. The molecule has 0 saturated carbocycles. The summed E-state index contributed by atoms with van der Waals surface area (Å²) in [7, 11) is 0. The highest BCUT2D eigenvalue weighted by Crippen LogP contribution is 2.29. The Morgan fingerprint density at radius 2 is 1.93 bits per heavy atom. The lowest BCUT2D eigenvalue weighted by molar-refractivity contribution is -0.115. The number of thioether (sulfide) groups is 1. The van der Waals surface area contributed by atoms with Crippen molar-refractivity contribution in [2.75, 3.05) is 5.32 Å². The number of fused-ring (bicyclic) bond motifs is 1. The SMILES string of the molecule is Cc1occc1-c1nnc(S[C@@H](C)C(=O)Nc2cccc3ccccc23)o1. The quantitative estimate of drug-likeness (QED) is 0.496. The molecule has 0 spiro atoms. The normalized spacial score (nSPS) is 12.2. The Labute approximate surface area is 160 Å². The van der Waals surface area contributed by atoms with Crippen molar-refractivity contribution < 1.29 is 13.6 Å². The molecule has 0 saturated heterocycles. The minimum atomic E-state index is -0.400. The van der Waals surface area contributed by atoms with Crippen LogP contribution in [0, 0.1) is 6.92 Å². The smallest absolute Gasteiger partial charge is 0.277 e. The van der Waals surface area contributed by atoms with Gasteiger partial charge < -0.3 is 14.2 Å². The third-order valence-electron chi connectivity index (χ3n) is 4.19. The maximum Gasteiger partial charge on any atom is 0.277 e. The summed E-state index contributed by atoms with van der Waals surface area (Å²) in [4.78, 5) is 12.6. The van der Waals surface area contributed by atoms with E-state index in [0.29, 0.717) is 16.9 Å². The van der Waals surface area contributed by atoms with Gasteiger partial charge in [-0.25, -0.2) is 0 Å². The lowest BCUT2D eigenvalue weighted by atomic mass is 10.1. The second-order valence-corrected chi connectivity index (χ2v) is 7.33. The first-order valence-electron chi connectivity index (χ1n) is 8.45. The summed E-state index contributed by atoms with van der Waals surface area (Å²) in [6, 6.07) is 15.5. The van der Waals surface area contributed by atoms with Crippen molar-refractivity contribution in [3.63, 3.8) is 0 Å². The van der Waals surface area contributed by atoms with Crippen LogP contribution in [0.5, 0.6) is 0 Å². The Morgan fingerprint density at radius 1 is 1.11 bits per heavy atom. The van der Waals surface area contributed by atoms with Gasteiger partial charge in [0, 0.05) is 11.1 Å². The number of hydrogen-bond donors (Lipinski definition) is 1. The van der Waals surface area contributed by atoms with Gasteiger partial charge in [-0.05, 0) is 31.4 Å². The summed E-state index contributed by atoms with van der Waals surface area (Å²) in [5, 5.41) is 13.0. The fraction of sp³-hybridized carbons (Fsp3) is 0.150. The molecule has 4 rings (SSSR count). The Bertz CT molecular complexity index is 1100. The van der Waals surface area contributed by atoms with Crippen molar-refractivity contribution >= 4 is 34.1 Å². The first kappa shape index (κ1) is 17.4. The summed E-state index contributed by atoms with van der Waals surface area (Å²) in [6.07, 6.45) is 1.57. The van der Waals surface area contributed by atoms with Crippen molar-refractivity contribution in [1.82, 2.24) is 10.2 Å². The molecular weight excluding hydrogens is 362 g/mol. The number of anilines is 1. The number of aromatic nitrogens is 2. The number of hydrogen-bond acceptors (Lipinski definition) is 6. The highest BCUT2D eigenvalue weighted by Gasteiger charge is 2.20. The third-order valence-corrected chi connectivity index (χ3v) is 5.12. The van der Waals surface area contributed by atoms with Crippen LogP contribution in [0.1, 0.15) is 12.7 Å². The van der Waals surface area contributed by atoms with E-state index in [1.165, 1.54) is 11.8 Å². The number of amides is 1. The van der Waals surface area contributed by atoms with Gasteiger partial charge in [-0.1, -0.05) is 48.2 Å². The lowest BCUT2D eigenvalue weighted by Crippen LogP contribution is -2.22. The van der Waals surface area contributed by atoms with E-state index in [2.05, 4.69) is 15.5 Å². The fourth-order valence-electron chi connectivity index (χ4n) is 2.75. The van der Waals surface area contributed by atoms with E-state index in [9.17, 15) is 4.79 Å². The van der Waals surface area contributed by atoms with Gasteiger partial charge in [-0.15, -0.1) is 10.2 Å². The lowest BCUT2D eigenvalue weighted by Gasteiger charge is -2.12. The van der Waals surface area contributed by atoms with Crippen LogP contribution in [-0.2, 0) is 4.79 Å². The summed E-state index contributed by atoms with van der Waals surface area (Å²) in [5.74, 6) is 0.956. The third kappa shape index (κ3) is 3.59. The fourth-order valence-corrected chi connectivity index (χ4v) is 3.43. The van der Waals surface area contributed by atoms with Crippen molar-refractivity contribution in [3.05, 3.63) is 60.6 Å². The number of aryl methyl sites for hydroxylation is 1. The second-order valence-electron chi connectivity index (χ2n) is 6.04. The largest absolute Gasteiger partial charge is 0.469 e. The molecule has 6 nitrogen and oxygen atoms in total. The average Bonchev–Trinajstić information content (AvgIpc) is 3.30. The molecule has 0 aliphatic heterocycles. The zero-order valence-electron chi connectivity index (χ0n) is 14.8. The van der Waals surface area contributed by atoms with Crippen LogP contribution in [0.3, 0.4) is 0 Å². The molecule has 7 heteroatoms. The molecule has 4 aromatic rings. The molecule has 2 aromatic heterocycles. The maximum absolute atomic E-state index is 12.6. The molecule has 136 valence electrons. The van der Waals surface area contributed by atoms with Crippen LogP contribution in [0.15, 0.2) is 68.9 Å². The van der Waals surface area contributed by atoms with Gasteiger partial charge in [-0.2, -0.15) is 0 Å².